The summed E-state index contributed by atoms with van der Waals surface area (Å²) < 4.78 is 0. The van der Waals surface area contributed by atoms with Crippen LogP contribution in [0.5, 0.6) is 0 Å². The van der Waals surface area contributed by atoms with Gasteiger partial charge >= 0.3 is 0 Å². The van der Waals surface area contributed by atoms with E-state index in [0.29, 0.717) is 11.8 Å². The summed E-state index contributed by atoms with van der Waals surface area (Å²) in [5.74, 6) is 1.14. The second-order valence-electron chi connectivity index (χ2n) is 6.54. The van der Waals surface area contributed by atoms with E-state index in [-0.39, 0.29) is 0 Å². The van der Waals surface area contributed by atoms with E-state index in [1.807, 2.05) is 0 Å². The molecule has 2 aromatic rings. The van der Waals surface area contributed by atoms with E-state index < -0.39 is 0 Å². The fraction of sp³-hybridized carbons (Fsp3) is 0.400. The normalized spacial score (nSPS) is 20.8. The summed E-state index contributed by atoms with van der Waals surface area (Å²) in [5, 5.41) is 0. The molecule has 1 nitrogen and oxygen atoms in total. The van der Waals surface area contributed by atoms with Gasteiger partial charge in [0, 0.05) is 5.92 Å². The van der Waals surface area contributed by atoms with E-state index in [0.717, 1.165) is 6.54 Å². The molecule has 0 radical (unpaired) electrons. The van der Waals surface area contributed by atoms with Crippen LogP contribution in [0.1, 0.15) is 47.4 Å². The number of hydrogen-bond acceptors (Lipinski definition) is 1. The van der Waals surface area contributed by atoms with Gasteiger partial charge in [0.2, 0.25) is 0 Å². The number of hydrogen-bond donors (Lipinski definition) is 0. The lowest BCUT2D eigenvalue weighted by molar-refractivity contribution is 0.380. The quantitative estimate of drug-likeness (QED) is 0.803. The van der Waals surface area contributed by atoms with E-state index in [1.54, 1.807) is 5.56 Å². The van der Waals surface area contributed by atoms with Gasteiger partial charge < -0.3 is 4.90 Å². The second-order valence-corrected chi connectivity index (χ2v) is 6.54. The van der Waals surface area contributed by atoms with Gasteiger partial charge in [-0.15, -0.1) is 0 Å². The Labute approximate surface area is 128 Å². The van der Waals surface area contributed by atoms with Crippen LogP contribution < -0.4 is 0 Å². The summed E-state index contributed by atoms with van der Waals surface area (Å²) in [5.41, 5.74) is 6.12. The maximum absolute atomic E-state index is 2.35. The summed E-state index contributed by atoms with van der Waals surface area (Å²) in [6.45, 7) is 3.50. The maximum Gasteiger partial charge on any atom is 0.00665 e. The van der Waals surface area contributed by atoms with Crippen molar-refractivity contribution < 1.29 is 0 Å². The Morgan fingerprint density at radius 1 is 0.905 bits per heavy atom. The zero-order chi connectivity index (χ0) is 14.8. The molecule has 21 heavy (non-hydrogen) atoms. The van der Waals surface area contributed by atoms with Crippen molar-refractivity contribution in [2.24, 2.45) is 0 Å². The van der Waals surface area contributed by atoms with Gasteiger partial charge in [0.1, 0.15) is 0 Å². The van der Waals surface area contributed by atoms with Gasteiger partial charge in [-0.05, 0) is 61.7 Å². The summed E-state index contributed by atoms with van der Waals surface area (Å²) in [6, 6.07) is 18.0. The van der Waals surface area contributed by atoms with Crippen molar-refractivity contribution >= 4 is 0 Å². The zero-order valence-electron chi connectivity index (χ0n) is 13.3. The number of benzene rings is 2. The molecule has 1 aliphatic rings. The fourth-order valence-corrected chi connectivity index (χ4v) is 3.63. The van der Waals surface area contributed by atoms with Crippen molar-refractivity contribution in [1.82, 2.24) is 4.90 Å². The number of rotatable bonds is 3. The third kappa shape index (κ3) is 2.89. The standard InChI is InChI=1S/C20H25N/c1-15-18-9-5-4-8-16(18)14-17(12-13-21(2)3)20-11-7-6-10-19(15)20/h4-11,15,17H,12-14H2,1-3H3/t15-,17-/m0/s1. The molecule has 3 rings (SSSR count). The molecular formula is C20H25N. The van der Waals surface area contributed by atoms with Gasteiger partial charge in [-0.1, -0.05) is 55.5 Å². The average molecular weight is 279 g/mol. The Morgan fingerprint density at radius 2 is 1.52 bits per heavy atom. The molecule has 0 unspecified atom stereocenters. The van der Waals surface area contributed by atoms with Crippen LogP contribution in [0, 0.1) is 0 Å². The molecule has 0 amide bonds. The van der Waals surface area contributed by atoms with Crippen LogP contribution in [0.2, 0.25) is 0 Å². The van der Waals surface area contributed by atoms with Crippen LogP contribution in [-0.4, -0.2) is 25.5 Å². The van der Waals surface area contributed by atoms with Crippen LogP contribution in [0.15, 0.2) is 48.5 Å². The van der Waals surface area contributed by atoms with Crippen LogP contribution in [0.25, 0.3) is 0 Å². The summed E-state index contributed by atoms with van der Waals surface area (Å²) in [6.07, 6.45) is 2.40. The molecule has 0 saturated carbocycles. The summed E-state index contributed by atoms with van der Waals surface area (Å²) in [7, 11) is 4.33. The Bertz CT molecular complexity index is 615. The van der Waals surface area contributed by atoms with Gasteiger partial charge in [-0.2, -0.15) is 0 Å². The Balaban J connectivity index is 2.04. The molecule has 1 aliphatic carbocycles. The molecule has 0 aromatic heterocycles. The summed E-state index contributed by atoms with van der Waals surface area (Å²) >= 11 is 0. The van der Waals surface area contributed by atoms with Crippen molar-refractivity contribution in [3.8, 4) is 0 Å². The molecule has 0 fully saturated rings. The molecular weight excluding hydrogens is 254 g/mol. The fourth-order valence-electron chi connectivity index (χ4n) is 3.63. The minimum atomic E-state index is 0.502. The molecule has 0 saturated heterocycles. The number of fused-ring (bicyclic) bond motifs is 2. The highest BCUT2D eigenvalue weighted by Gasteiger charge is 2.25. The zero-order valence-corrected chi connectivity index (χ0v) is 13.3. The Kier molecular flexibility index (Phi) is 4.12. The molecule has 0 spiro atoms. The third-order valence-corrected chi connectivity index (χ3v) is 4.82. The van der Waals surface area contributed by atoms with Gasteiger partial charge in [-0.3, -0.25) is 0 Å². The first-order chi connectivity index (χ1) is 10.2. The molecule has 0 N–H and O–H groups in total. The summed E-state index contributed by atoms with van der Waals surface area (Å²) in [4.78, 5) is 2.29. The van der Waals surface area contributed by atoms with Gasteiger partial charge in [0.05, 0.1) is 0 Å². The second kappa shape index (κ2) is 6.03. The molecule has 0 aliphatic heterocycles. The molecule has 2 atom stereocenters. The van der Waals surface area contributed by atoms with Crippen molar-refractivity contribution in [2.45, 2.75) is 31.6 Å². The first-order valence-electron chi connectivity index (χ1n) is 7.98. The van der Waals surface area contributed by atoms with Crippen LogP contribution >= 0.6 is 0 Å². The van der Waals surface area contributed by atoms with Crippen molar-refractivity contribution in [3.63, 3.8) is 0 Å². The predicted molar refractivity (Wildman–Crippen MR) is 90.0 cm³/mol. The van der Waals surface area contributed by atoms with E-state index >= 15 is 0 Å². The van der Waals surface area contributed by atoms with Gasteiger partial charge in [0.25, 0.3) is 0 Å². The lowest BCUT2D eigenvalue weighted by Gasteiger charge is -2.21. The molecule has 2 aromatic carbocycles. The minimum Gasteiger partial charge on any atom is -0.309 e. The van der Waals surface area contributed by atoms with E-state index in [2.05, 4.69) is 74.4 Å². The highest BCUT2D eigenvalue weighted by atomic mass is 15.0. The van der Waals surface area contributed by atoms with Gasteiger partial charge in [0.15, 0.2) is 0 Å². The van der Waals surface area contributed by atoms with Crippen molar-refractivity contribution in [3.05, 3.63) is 70.8 Å². The molecule has 110 valence electrons. The Morgan fingerprint density at radius 3 is 2.24 bits per heavy atom. The lowest BCUT2D eigenvalue weighted by atomic mass is 9.87. The van der Waals surface area contributed by atoms with Crippen LogP contribution in [-0.2, 0) is 6.42 Å². The molecule has 0 heterocycles. The van der Waals surface area contributed by atoms with Gasteiger partial charge in [-0.25, -0.2) is 0 Å². The Hall–Kier alpha value is -1.60. The van der Waals surface area contributed by atoms with E-state index in [9.17, 15) is 0 Å². The smallest absolute Gasteiger partial charge is 0.00665 e. The third-order valence-electron chi connectivity index (χ3n) is 4.82. The highest BCUT2D eigenvalue weighted by molar-refractivity contribution is 5.46. The van der Waals surface area contributed by atoms with E-state index in [4.69, 9.17) is 0 Å². The highest BCUT2D eigenvalue weighted by Crippen LogP contribution is 2.39. The first kappa shape index (κ1) is 14.3. The maximum atomic E-state index is 2.35. The molecule has 1 heteroatoms. The first-order valence-corrected chi connectivity index (χ1v) is 7.98. The van der Waals surface area contributed by atoms with Crippen molar-refractivity contribution in [2.75, 3.05) is 20.6 Å². The van der Waals surface area contributed by atoms with Crippen LogP contribution in [0.3, 0.4) is 0 Å². The average Bonchev–Trinajstić information content (AvgIpc) is 2.62. The lowest BCUT2D eigenvalue weighted by Crippen LogP contribution is -2.17. The predicted octanol–water partition coefficient (Wildman–Crippen LogP) is 4.43. The topological polar surface area (TPSA) is 3.24 Å². The van der Waals surface area contributed by atoms with Crippen LogP contribution in [0.4, 0.5) is 0 Å². The SMILES string of the molecule is C[C@H]1c2ccccc2C[C@H](CCN(C)C)c2ccccc21. The largest absolute Gasteiger partial charge is 0.309 e. The monoisotopic (exact) mass is 279 g/mol. The minimum absolute atomic E-state index is 0.502. The van der Waals surface area contributed by atoms with E-state index in [1.165, 1.54) is 29.5 Å². The molecule has 0 bridgehead atoms. The number of nitrogens with zero attached hydrogens (tertiary/aromatic N) is 1. The van der Waals surface area contributed by atoms with Crippen molar-refractivity contribution in [1.29, 1.82) is 0 Å².